The second-order valence-electron chi connectivity index (χ2n) is 8.44. The quantitative estimate of drug-likeness (QED) is 0.353. The van der Waals surface area contributed by atoms with Crippen LogP contribution in [0.5, 0.6) is 0 Å². The van der Waals surface area contributed by atoms with E-state index in [-0.39, 0.29) is 17.2 Å². The molecule has 31 heavy (non-hydrogen) atoms. The molecule has 0 saturated carbocycles. The van der Waals surface area contributed by atoms with Crippen molar-refractivity contribution in [1.29, 1.82) is 0 Å². The van der Waals surface area contributed by atoms with E-state index in [1.165, 1.54) is 16.8 Å². The minimum atomic E-state index is -0.380. The Morgan fingerprint density at radius 1 is 1.23 bits per heavy atom. The molecular weight excluding hydrogens is 454 g/mol. The number of nitrogens with one attached hydrogen (secondary N) is 1. The number of amides is 1. The van der Waals surface area contributed by atoms with Gasteiger partial charge in [0.05, 0.1) is 11.8 Å². The van der Waals surface area contributed by atoms with Crippen LogP contribution in [0.3, 0.4) is 0 Å². The second kappa shape index (κ2) is 8.00. The van der Waals surface area contributed by atoms with Gasteiger partial charge >= 0.3 is 5.91 Å². The lowest BCUT2D eigenvalue weighted by Gasteiger charge is -2.43. The first-order chi connectivity index (χ1) is 14.7. The summed E-state index contributed by atoms with van der Waals surface area (Å²) in [5.74, 6) is -0.152. The number of halogens is 1. The Labute approximate surface area is 190 Å². The van der Waals surface area contributed by atoms with Gasteiger partial charge in [0.25, 0.3) is 0 Å². The topological polar surface area (TPSA) is 57.8 Å². The molecule has 0 bridgehead atoms. The van der Waals surface area contributed by atoms with Crippen molar-refractivity contribution < 1.29 is 9.21 Å². The van der Waals surface area contributed by atoms with Gasteiger partial charge in [-0.25, -0.2) is 5.43 Å². The molecule has 0 fully saturated rings. The SMILES string of the molecule is CCN1c2cc(C)c(/C=N\NC(=O)c3cc4cc(Br)ccc4o3)cc2C(C)=CC1(C)C. The standard InChI is InChI=1S/C25H26BrN3O2/c1-6-29-21-9-15(2)18(11-20(21)16(3)13-25(29,4)5)14-27-28-24(30)23-12-17-10-19(26)7-8-22(17)31-23/h7-14H,6H2,1-5H3,(H,28,30)/b27-14-. The summed E-state index contributed by atoms with van der Waals surface area (Å²) < 4.78 is 6.56. The number of rotatable bonds is 4. The number of hydrazone groups is 1. The van der Waals surface area contributed by atoms with Crippen LogP contribution in [0.25, 0.3) is 16.5 Å². The number of carbonyl (C=O) groups excluding carboxylic acids is 1. The monoisotopic (exact) mass is 479 g/mol. The van der Waals surface area contributed by atoms with Gasteiger partial charge in [0.2, 0.25) is 0 Å². The predicted octanol–water partition coefficient (Wildman–Crippen LogP) is 6.29. The molecule has 0 radical (unpaired) electrons. The molecule has 160 valence electrons. The molecule has 1 amide bonds. The summed E-state index contributed by atoms with van der Waals surface area (Å²) in [6.45, 7) is 11.8. The van der Waals surface area contributed by atoms with E-state index in [1.54, 1.807) is 12.3 Å². The third-order valence-electron chi connectivity index (χ3n) is 5.75. The third-order valence-corrected chi connectivity index (χ3v) is 6.25. The van der Waals surface area contributed by atoms with Gasteiger partial charge in [-0.05, 0) is 87.7 Å². The molecule has 1 N–H and O–H groups in total. The summed E-state index contributed by atoms with van der Waals surface area (Å²) in [5, 5.41) is 5.04. The number of anilines is 1. The van der Waals surface area contributed by atoms with Crippen molar-refractivity contribution in [3.05, 3.63) is 69.4 Å². The Morgan fingerprint density at radius 3 is 2.74 bits per heavy atom. The van der Waals surface area contributed by atoms with Crippen LogP contribution in [0.15, 0.2) is 56.5 Å². The maximum atomic E-state index is 12.5. The van der Waals surface area contributed by atoms with Gasteiger partial charge in [0, 0.05) is 27.7 Å². The van der Waals surface area contributed by atoms with Crippen molar-refractivity contribution in [1.82, 2.24) is 5.43 Å². The smallest absolute Gasteiger partial charge is 0.307 e. The number of nitrogens with zero attached hydrogens (tertiary/aromatic N) is 2. The van der Waals surface area contributed by atoms with E-state index < -0.39 is 0 Å². The number of furan rings is 1. The number of benzene rings is 2. The van der Waals surface area contributed by atoms with E-state index >= 15 is 0 Å². The maximum absolute atomic E-state index is 12.5. The van der Waals surface area contributed by atoms with E-state index in [0.29, 0.717) is 5.58 Å². The van der Waals surface area contributed by atoms with Gasteiger partial charge in [0.1, 0.15) is 5.58 Å². The molecule has 0 atom stereocenters. The summed E-state index contributed by atoms with van der Waals surface area (Å²) in [7, 11) is 0. The van der Waals surface area contributed by atoms with E-state index in [4.69, 9.17) is 4.42 Å². The Balaban J connectivity index is 1.56. The van der Waals surface area contributed by atoms with Gasteiger partial charge in [-0.1, -0.05) is 22.0 Å². The van der Waals surface area contributed by atoms with Crippen molar-refractivity contribution in [2.75, 3.05) is 11.4 Å². The first-order valence-corrected chi connectivity index (χ1v) is 11.1. The molecule has 0 aliphatic carbocycles. The molecular formula is C25H26BrN3O2. The zero-order chi connectivity index (χ0) is 22.3. The van der Waals surface area contributed by atoms with Crippen LogP contribution in [-0.4, -0.2) is 24.2 Å². The van der Waals surface area contributed by atoms with Crippen LogP contribution in [0.1, 0.15) is 54.9 Å². The lowest BCUT2D eigenvalue weighted by molar-refractivity contribution is 0.0929. The number of fused-ring (bicyclic) bond motifs is 2. The highest BCUT2D eigenvalue weighted by Crippen LogP contribution is 2.39. The number of carbonyl (C=O) groups is 1. The van der Waals surface area contributed by atoms with Crippen molar-refractivity contribution >= 4 is 50.3 Å². The van der Waals surface area contributed by atoms with E-state index in [0.717, 1.165) is 27.5 Å². The summed E-state index contributed by atoms with van der Waals surface area (Å²) in [4.78, 5) is 14.9. The lowest BCUT2D eigenvalue weighted by Crippen LogP contribution is -2.45. The maximum Gasteiger partial charge on any atom is 0.307 e. The molecule has 1 aliphatic heterocycles. The van der Waals surface area contributed by atoms with Crippen LogP contribution >= 0.6 is 15.9 Å². The molecule has 4 rings (SSSR count). The molecule has 0 spiro atoms. The van der Waals surface area contributed by atoms with Gasteiger partial charge < -0.3 is 9.32 Å². The number of allylic oxidation sites excluding steroid dienone is 1. The highest BCUT2D eigenvalue weighted by Gasteiger charge is 2.30. The predicted molar refractivity (Wildman–Crippen MR) is 131 cm³/mol. The highest BCUT2D eigenvalue weighted by molar-refractivity contribution is 9.10. The lowest BCUT2D eigenvalue weighted by atomic mass is 9.87. The van der Waals surface area contributed by atoms with Crippen LogP contribution in [-0.2, 0) is 0 Å². The largest absolute Gasteiger partial charge is 0.451 e. The normalized spacial score (nSPS) is 15.3. The average Bonchev–Trinajstić information content (AvgIpc) is 3.11. The number of hydrogen-bond acceptors (Lipinski definition) is 4. The Morgan fingerprint density at radius 2 is 2.00 bits per heavy atom. The minimum absolute atomic E-state index is 0.0238. The van der Waals surface area contributed by atoms with Gasteiger partial charge in [0.15, 0.2) is 5.76 Å². The zero-order valence-electron chi connectivity index (χ0n) is 18.4. The average molecular weight is 480 g/mol. The Bertz CT molecular complexity index is 1240. The molecule has 0 saturated heterocycles. The van der Waals surface area contributed by atoms with E-state index in [2.05, 4.69) is 84.2 Å². The van der Waals surface area contributed by atoms with Crippen molar-refractivity contribution in [3.63, 3.8) is 0 Å². The highest BCUT2D eigenvalue weighted by atomic mass is 79.9. The second-order valence-corrected chi connectivity index (χ2v) is 9.36. The van der Waals surface area contributed by atoms with Crippen LogP contribution < -0.4 is 10.3 Å². The molecule has 5 nitrogen and oxygen atoms in total. The van der Waals surface area contributed by atoms with Crippen LogP contribution in [0.2, 0.25) is 0 Å². The van der Waals surface area contributed by atoms with Crippen molar-refractivity contribution in [2.45, 2.75) is 40.2 Å². The number of hydrogen-bond donors (Lipinski definition) is 1. The fourth-order valence-electron chi connectivity index (χ4n) is 4.30. The third kappa shape index (κ3) is 4.04. The molecule has 3 aromatic rings. The van der Waals surface area contributed by atoms with Gasteiger partial charge in [-0.3, -0.25) is 4.79 Å². The Kier molecular flexibility index (Phi) is 5.52. The van der Waals surface area contributed by atoms with Gasteiger partial charge in [-0.2, -0.15) is 5.10 Å². The minimum Gasteiger partial charge on any atom is -0.451 e. The van der Waals surface area contributed by atoms with Crippen molar-refractivity contribution in [2.24, 2.45) is 5.10 Å². The molecule has 1 aliphatic rings. The fourth-order valence-corrected chi connectivity index (χ4v) is 4.68. The van der Waals surface area contributed by atoms with Crippen molar-refractivity contribution in [3.8, 4) is 0 Å². The van der Waals surface area contributed by atoms with E-state index in [1.807, 2.05) is 18.2 Å². The van der Waals surface area contributed by atoms with E-state index in [9.17, 15) is 4.79 Å². The zero-order valence-corrected chi connectivity index (χ0v) is 20.0. The Hall–Kier alpha value is -2.86. The first-order valence-electron chi connectivity index (χ1n) is 10.3. The number of aryl methyl sites for hydroxylation is 1. The molecule has 6 heteroatoms. The number of likely N-dealkylation sites (N-methyl/N-ethyl adjacent to an activating group) is 1. The molecule has 2 aromatic carbocycles. The molecule has 0 unspecified atom stereocenters. The van der Waals surface area contributed by atoms with Crippen LogP contribution in [0.4, 0.5) is 5.69 Å². The molecule has 1 aromatic heterocycles. The molecule has 2 heterocycles. The van der Waals surface area contributed by atoms with Crippen LogP contribution in [0, 0.1) is 6.92 Å². The fraction of sp³-hybridized carbons (Fsp3) is 0.280. The summed E-state index contributed by atoms with van der Waals surface area (Å²) in [6, 6.07) is 11.7. The van der Waals surface area contributed by atoms with Gasteiger partial charge in [-0.15, -0.1) is 0 Å². The first kappa shape index (κ1) is 21.4. The summed E-state index contributed by atoms with van der Waals surface area (Å²) in [6.07, 6.45) is 3.99. The summed E-state index contributed by atoms with van der Waals surface area (Å²) >= 11 is 3.43. The summed E-state index contributed by atoms with van der Waals surface area (Å²) in [5.41, 5.74) is 8.97.